The van der Waals surface area contributed by atoms with Crippen LogP contribution in [0.2, 0.25) is 0 Å². The van der Waals surface area contributed by atoms with Gasteiger partial charge in [-0.05, 0) is 19.4 Å². The SMILES string of the molecule is CCC(OC)C(=O)N(C)C1CCNC1. The zero-order chi connectivity index (χ0) is 10.6. The highest BCUT2D eigenvalue weighted by Gasteiger charge is 2.27. The standard InChI is InChI=1S/C10H20N2O2/c1-4-9(14-3)10(13)12(2)8-5-6-11-7-8/h8-9,11H,4-7H2,1-3H3. The molecule has 0 aliphatic carbocycles. The third-order valence-electron chi connectivity index (χ3n) is 2.86. The molecule has 1 N–H and O–H groups in total. The molecule has 0 spiro atoms. The Hall–Kier alpha value is -0.610. The number of nitrogens with one attached hydrogen (secondary N) is 1. The van der Waals surface area contributed by atoms with Crippen molar-refractivity contribution in [1.82, 2.24) is 10.2 Å². The molecule has 1 heterocycles. The first kappa shape index (κ1) is 11.5. The number of nitrogens with zero attached hydrogens (tertiary/aromatic N) is 1. The lowest BCUT2D eigenvalue weighted by molar-refractivity contribution is -0.142. The lowest BCUT2D eigenvalue weighted by Crippen LogP contribution is -2.44. The predicted octanol–water partition coefficient (Wildman–Crippen LogP) is 0.232. The van der Waals surface area contributed by atoms with Crippen molar-refractivity contribution in [3.63, 3.8) is 0 Å². The molecule has 1 saturated heterocycles. The Morgan fingerprint density at radius 2 is 2.43 bits per heavy atom. The van der Waals surface area contributed by atoms with Gasteiger partial charge < -0.3 is 15.0 Å². The molecular formula is C10H20N2O2. The lowest BCUT2D eigenvalue weighted by Gasteiger charge is -2.27. The highest BCUT2D eigenvalue weighted by atomic mass is 16.5. The third-order valence-corrected chi connectivity index (χ3v) is 2.86. The largest absolute Gasteiger partial charge is 0.372 e. The molecule has 4 nitrogen and oxygen atoms in total. The maximum Gasteiger partial charge on any atom is 0.251 e. The quantitative estimate of drug-likeness (QED) is 0.706. The van der Waals surface area contributed by atoms with Gasteiger partial charge in [0.15, 0.2) is 0 Å². The highest BCUT2D eigenvalue weighted by molar-refractivity contribution is 5.81. The summed E-state index contributed by atoms with van der Waals surface area (Å²) in [6.07, 6.45) is 1.50. The van der Waals surface area contributed by atoms with Gasteiger partial charge in [-0.2, -0.15) is 0 Å². The minimum atomic E-state index is -0.277. The molecule has 1 amide bonds. The zero-order valence-electron chi connectivity index (χ0n) is 9.25. The summed E-state index contributed by atoms with van der Waals surface area (Å²) in [5.74, 6) is 0.101. The normalized spacial score (nSPS) is 23.5. The van der Waals surface area contributed by atoms with Gasteiger partial charge in [0.1, 0.15) is 6.10 Å². The molecule has 2 atom stereocenters. The van der Waals surface area contributed by atoms with Crippen LogP contribution in [0.1, 0.15) is 19.8 Å². The van der Waals surface area contributed by atoms with Crippen LogP contribution in [0.5, 0.6) is 0 Å². The fraction of sp³-hybridized carbons (Fsp3) is 0.900. The van der Waals surface area contributed by atoms with Crippen LogP contribution >= 0.6 is 0 Å². The van der Waals surface area contributed by atoms with Crippen LogP contribution in [0.3, 0.4) is 0 Å². The summed E-state index contributed by atoms with van der Waals surface area (Å²) in [7, 11) is 3.45. The summed E-state index contributed by atoms with van der Waals surface area (Å²) in [5.41, 5.74) is 0. The second-order valence-electron chi connectivity index (χ2n) is 3.73. The summed E-state index contributed by atoms with van der Waals surface area (Å²) in [6, 6.07) is 0.340. The van der Waals surface area contributed by atoms with Crippen LogP contribution in [-0.4, -0.2) is 50.2 Å². The first-order chi connectivity index (χ1) is 6.70. The van der Waals surface area contributed by atoms with Crippen LogP contribution < -0.4 is 5.32 Å². The average molecular weight is 200 g/mol. The molecule has 1 aliphatic heterocycles. The topological polar surface area (TPSA) is 41.6 Å². The van der Waals surface area contributed by atoms with E-state index in [1.807, 2.05) is 18.9 Å². The minimum absolute atomic E-state index is 0.101. The van der Waals surface area contributed by atoms with Gasteiger partial charge in [-0.25, -0.2) is 0 Å². The molecule has 4 heteroatoms. The maximum absolute atomic E-state index is 11.9. The van der Waals surface area contributed by atoms with E-state index < -0.39 is 0 Å². The molecule has 1 fully saturated rings. The van der Waals surface area contributed by atoms with Gasteiger partial charge in [-0.3, -0.25) is 4.79 Å². The summed E-state index contributed by atoms with van der Waals surface area (Å²) < 4.78 is 5.13. The average Bonchev–Trinajstić information content (AvgIpc) is 2.71. The molecule has 82 valence electrons. The molecule has 0 bridgehead atoms. The predicted molar refractivity (Wildman–Crippen MR) is 55.1 cm³/mol. The maximum atomic E-state index is 11.9. The Bertz CT molecular complexity index is 187. The van der Waals surface area contributed by atoms with Crippen molar-refractivity contribution in [3.05, 3.63) is 0 Å². The summed E-state index contributed by atoms with van der Waals surface area (Å²) in [4.78, 5) is 13.7. The number of hydrogen-bond acceptors (Lipinski definition) is 3. The van der Waals surface area contributed by atoms with Crippen molar-refractivity contribution in [2.75, 3.05) is 27.2 Å². The number of carbonyl (C=O) groups excluding carboxylic acids is 1. The number of likely N-dealkylation sites (N-methyl/N-ethyl adjacent to an activating group) is 1. The molecular weight excluding hydrogens is 180 g/mol. The molecule has 0 saturated carbocycles. The van der Waals surface area contributed by atoms with Gasteiger partial charge in [-0.1, -0.05) is 6.92 Å². The summed E-state index contributed by atoms with van der Waals surface area (Å²) in [6.45, 7) is 3.88. The van der Waals surface area contributed by atoms with Crippen LogP contribution in [0.15, 0.2) is 0 Å². The second-order valence-corrected chi connectivity index (χ2v) is 3.73. The smallest absolute Gasteiger partial charge is 0.251 e. The van der Waals surface area contributed by atoms with Crippen molar-refractivity contribution >= 4 is 5.91 Å². The molecule has 0 radical (unpaired) electrons. The van der Waals surface area contributed by atoms with Crippen molar-refractivity contribution in [1.29, 1.82) is 0 Å². The van der Waals surface area contributed by atoms with E-state index in [4.69, 9.17) is 4.74 Å². The Kier molecular flexibility index (Phi) is 4.35. The van der Waals surface area contributed by atoms with Crippen molar-refractivity contribution in [2.45, 2.75) is 31.9 Å². The van der Waals surface area contributed by atoms with E-state index in [0.717, 1.165) is 25.9 Å². The number of hydrogen-bond donors (Lipinski definition) is 1. The third kappa shape index (κ3) is 2.45. The monoisotopic (exact) mass is 200 g/mol. The van der Waals surface area contributed by atoms with Crippen molar-refractivity contribution in [2.24, 2.45) is 0 Å². The molecule has 1 rings (SSSR count). The van der Waals surface area contributed by atoms with Gasteiger partial charge in [0.05, 0.1) is 0 Å². The van der Waals surface area contributed by atoms with E-state index in [-0.39, 0.29) is 12.0 Å². The van der Waals surface area contributed by atoms with E-state index in [0.29, 0.717) is 6.04 Å². The van der Waals surface area contributed by atoms with Gasteiger partial charge in [0.25, 0.3) is 5.91 Å². The van der Waals surface area contributed by atoms with Gasteiger partial charge >= 0.3 is 0 Å². The lowest BCUT2D eigenvalue weighted by atomic mass is 10.2. The van der Waals surface area contributed by atoms with Crippen LogP contribution in [0, 0.1) is 0 Å². The molecule has 1 aliphatic rings. The van der Waals surface area contributed by atoms with Crippen LogP contribution in [0.4, 0.5) is 0 Å². The van der Waals surface area contributed by atoms with Crippen LogP contribution in [-0.2, 0) is 9.53 Å². The number of amides is 1. The van der Waals surface area contributed by atoms with Gasteiger partial charge in [0, 0.05) is 26.7 Å². The van der Waals surface area contributed by atoms with Crippen LogP contribution in [0.25, 0.3) is 0 Å². The molecule has 0 aromatic rings. The Labute approximate surface area is 85.6 Å². The van der Waals surface area contributed by atoms with E-state index in [1.165, 1.54) is 0 Å². The Morgan fingerprint density at radius 1 is 1.71 bits per heavy atom. The number of methoxy groups -OCH3 is 1. The second kappa shape index (κ2) is 5.32. The zero-order valence-corrected chi connectivity index (χ0v) is 9.25. The summed E-state index contributed by atoms with van der Waals surface area (Å²) in [5, 5.41) is 3.25. The number of carbonyl (C=O) groups is 1. The van der Waals surface area contributed by atoms with Gasteiger partial charge in [-0.15, -0.1) is 0 Å². The fourth-order valence-electron chi connectivity index (χ4n) is 1.82. The minimum Gasteiger partial charge on any atom is -0.372 e. The molecule has 2 unspecified atom stereocenters. The van der Waals surface area contributed by atoms with Gasteiger partial charge in [0.2, 0.25) is 0 Å². The molecule has 0 aromatic heterocycles. The summed E-state index contributed by atoms with van der Waals surface area (Å²) >= 11 is 0. The molecule has 14 heavy (non-hydrogen) atoms. The first-order valence-corrected chi connectivity index (χ1v) is 5.20. The Morgan fingerprint density at radius 3 is 2.86 bits per heavy atom. The number of rotatable bonds is 4. The highest BCUT2D eigenvalue weighted by Crippen LogP contribution is 2.10. The fourth-order valence-corrected chi connectivity index (χ4v) is 1.82. The number of ether oxygens (including phenoxy) is 1. The van der Waals surface area contributed by atoms with E-state index in [9.17, 15) is 4.79 Å². The first-order valence-electron chi connectivity index (χ1n) is 5.20. The Balaban J connectivity index is 2.49. The van der Waals surface area contributed by atoms with Crippen molar-refractivity contribution in [3.8, 4) is 0 Å². The molecule has 0 aromatic carbocycles. The van der Waals surface area contributed by atoms with E-state index >= 15 is 0 Å². The van der Waals surface area contributed by atoms with E-state index in [1.54, 1.807) is 7.11 Å². The van der Waals surface area contributed by atoms with E-state index in [2.05, 4.69) is 5.32 Å². The van der Waals surface area contributed by atoms with Crippen molar-refractivity contribution < 1.29 is 9.53 Å².